The van der Waals surface area contributed by atoms with E-state index < -0.39 is 0 Å². The number of amides is 1. The van der Waals surface area contributed by atoms with Gasteiger partial charge in [0.25, 0.3) is 5.91 Å². The number of aromatic amines is 1. The molecule has 94 valence electrons. The van der Waals surface area contributed by atoms with Crippen molar-refractivity contribution in [3.05, 3.63) is 17.5 Å². The van der Waals surface area contributed by atoms with Crippen LogP contribution in [0.25, 0.3) is 0 Å². The van der Waals surface area contributed by atoms with Gasteiger partial charge >= 0.3 is 0 Å². The number of hydrogen-bond donors (Lipinski definition) is 2. The Kier molecular flexibility index (Phi) is 3.78. The van der Waals surface area contributed by atoms with Crippen LogP contribution in [-0.2, 0) is 0 Å². The maximum absolute atomic E-state index is 12.1. The average molecular weight is 236 g/mol. The molecule has 0 aromatic carbocycles. The molecule has 1 atom stereocenters. The van der Waals surface area contributed by atoms with Gasteiger partial charge in [0, 0.05) is 19.3 Å². The van der Waals surface area contributed by atoms with Crippen molar-refractivity contribution in [2.24, 2.45) is 5.92 Å². The molecule has 0 spiro atoms. The number of aryl methyl sites for hydroxylation is 1. The zero-order valence-electron chi connectivity index (χ0n) is 10.5. The van der Waals surface area contributed by atoms with Crippen LogP contribution in [0.4, 0.5) is 0 Å². The van der Waals surface area contributed by atoms with Crippen molar-refractivity contribution in [1.82, 2.24) is 20.4 Å². The van der Waals surface area contributed by atoms with Gasteiger partial charge in [0.2, 0.25) is 0 Å². The van der Waals surface area contributed by atoms with E-state index in [-0.39, 0.29) is 5.91 Å². The SMILES string of the molecule is Cc1[nH]ncc1C(=O)N(C)CC1CCCNC1. The van der Waals surface area contributed by atoms with Crippen LogP contribution in [0, 0.1) is 12.8 Å². The normalized spacial score (nSPS) is 20.2. The third-order valence-corrected chi connectivity index (χ3v) is 3.34. The molecule has 5 nitrogen and oxygen atoms in total. The summed E-state index contributed by atoms with van der Waals surface area (Å²) in [6.07, 6.45) is 4.01. The molecule has 0 bridgehead atoms. The highest BCUT2D eigenvalue weighted by molar-refractivity contribution is 5.94. The zero-order chi connectivity index (χ0) is 12.3. The van der Waals surface area contributed by atoms with Crippen LogP contribution in [0.5, 0.6) is 0 Å². The lowest BCUT2D eigenvalue weighted by molar-refractivity contribution is 0.0764. The molecule has 17 heavy (non-hydrogen) atoms. The van der Waals surface area contributed by atoms with Crippen LogP contribution in [0.15, 0.2) is 6.20 Å². The van der Waals surface area contributed by atoms with Crippen LogP contribution in [0.2, 0.25) is 0 Å². The Morgan fingerprint density at radius 2 is 2.47 bits per heavy atom. The summed E-state index contributed by atoms with van der Waals surface area (Å²) in [5.41, 5.74) is 1.51. The molecule has 1 saturated heterocycles. The molecular formula is C12H20N4O. The van der Waals surface area contributed by atoms with E-state index in [1.54, 1.807) is 11.1 Å². The van der Waals surface area contributed by atoms with Gasteiger partial charge in [-0.15, -0.1) is 0 Å². The van der Waals surface area contributed by atoms with Crippen molar-refractivity contribution in [1.29, 1.82) is 0 Å². The van der Waals surface area contributed by atoms with E-state index in [1.807, 2.05) is 14.0 Å². The van der Waals surface area contributed by atoms with Gasteiger partial charge in [0.1, 0.15) is 0 Å². The number of nitrogens with one attached hydrogen (secondary N) is 2. The van der Waals surface area contributed by atoms with Crippen molar-refractivity contribution < 1.29 is 4.79 Å². The second kappa shape index (κ2) is 5.31. The number of nitrogens with zero attached hydrogens (tertiary/aromatic N) is 2. The minimum absolute atomic E-state index is 0.0572. The van der Waals surface area contributed by atoms with E-state index in [0.29, 0.717) is 11.5 Å². The van der Waals surface area contributed by atoms with Gasteiger partial charge < -0.3 is 10.2 Å². The monoisotopic (exact) mass is 236 g/mol. The highest BCUT2D eigenvalue weighted by atomic mass is 16.2. The number of carbonyl (C=O) groups excluding carboxylic acids is 1. The predicted octanol–water partition coefficient (Wildman–Crippen LogP) is 0.790. The summed E-state index contributed by atoms with van der Waals surface area (Å²) >= 11 is 0. The van der Waals surface area contributed by atoms with Gasteiger partial charge in [-0.05, 0) is 38.8 Å². The van der Waals surface area contributed by atoms with Crippen LogP contribution >= 0.6 is 0 Å². The van der Waals surface area contributed by atoms with Gasteiger partial charge in [-0.2, -0.15) is 5.10 Å². The van der Waals surface area contributed by atoms with Gasteiger partial charge in [-0.3, -0.25) is 9.89 Å². The Bertz CT molecular complexity index is 382. The number of carbonyl (C=O) groups is 1. The Hall–Kier alpha value is -1.36. The van der Waals surface area contributed by atoms with Crippen molar-refractivity contribution in [2.45, 2.75) is 19.8 Å². The molecule has 2 N–H and O–H groups in total. The molecule has 1 aromatic heterocycles. The molecule has 2 rings (SSSR count). The minimum Gasteiger partial charge on any atom is -0.341 e. The van der Waals surface area contributed by atoms with Crippen LogP contribution in [0.3, 0.4) is 0 Å². The molecule has 1 amide bonds. The molecular weight excluding hydrogens is 216 g/mol. The molecule has 1 aliphatic heterocycles. The van der Waals surface area contributed by atoms with Crippen molar-refractivity contribution in [2.75, 3.05) is 26.7 Å². The van der Waals surface area contributed by atoms with Gasteiger partial charge in [-0.25, -0.2) is 0 Å². The fraction of sp³-hybridized carbons (Fsp3) is 0.667. The van der Waals surface area contributed by atoms with Crippen LogP contribution in [0.1, 0.15) is 28.9 Å². The first-order valence-corrected chi connectivity index (χ1v) is 6.14. The van der Waals surface area contributed by atoms with E-state index in [0.717, 1.165) is 25.3 Å². The summed E-state index contributed by atoms with van der Waals surface area (Å²) in [5, 5.41) is 10.1. The van der Waals surface area contributed by atoms with E-state index >= 15 is 0 Å². The summed E-state index contributed by atoms with van der Waals surface area (Å²) in [4.78, 5) is 13.9. The highest BCUT2D eigenvalue weighted by Gasteiger charge is 2.20. The predicted molar refractivity (Wildman–Crippen MR) is 65.9 cm³/mol. The molecule has 1 unspecified atom stereocenters. The Balaban J connectivity index is 1.93. The Morgan fingerprint density at radius 1 is 1.65 bits per heavy atom. The standard InChI is InChI=1S/C12H20N4O/c1-9-11(7-14-15-9)12(17)16(2)8-10-4-3-5-13-6-10/h7,10,13H,3-6,8H2,1-2H3,(H,14,15). The zero-order valence-corrected chi connectivity index (χ0v) is 10.5. The first-order valence-electron chi connectivity index (χ1n) is 6.14. The van der Waals surface area contributed by atoms with Gasteiger partial charge in [0.05, 0.1) is 11.8 Å². The van der Waals surface area contributed by atoms with Crippen molar-refractivity contribution in [3.8, 4) is 0 Å². The lowest BCUT2D eigenvalue weighted by Crippen LogP contribution is -2.39. The number of rotatable bonds is 3. The summed E-state index contributed by atoms with van der Waals surface area (Å²) in [6.45, 7) is 4.81. The van der Waals surface area contributed by atoms with Gasteiger partial charge in [0.15, 0.2) is 0 Å². The maximum Gasteiger partial charge on any atom is 0.257 e. The smallest absolute Gasteiger partial charge is 0.257 e. The van der Waals surface area contributed by atoms with E-state index in [9.17, 15) is 4.79 Å². The summed E-state index contributed by atoms with van der Waals surface area (Å²) in [6, 6.07) is 0. The molecule has 1 fully saturated rings. The molecule has 1 aromatic rings. The first kappa shape index (κ1) is 12.1. The fourth-order valence-electron chi connectivity index (χ4n) is 2.32. The Morgan fingerprint density at radius 3 is 3.06 bits per heavy atom. The Labute approximate surface area is 102 Å². The lowest BCUT2D eigenvalue weighted by Gasteiger charge is -2.27. The van der Waals surface area contributed by atoms with Crippen molar-refractivity contribution in [3.63, 3.8) is 0 Å². The van der Waals surface area contributed by atoms with Crippen LogP contribution < -0.4 is 5.32 Å². The first-order chi connectivity index (χ1) is 8.18. The summed E-state index contributed by atoms with van der Waals surface area (Å²) in [5.74, 6) is 0.631. The molecule has 2 heterocycles. The summed E-state index contributed by atoms with van der Waals surface area (Å²) in [7, 11) is 1.86. The van der Waals surface area contributed by atoms with E-state index in [4.69, 9.17) is 0 Å². The third-order valence-electron chi connectivity index (χ3n) is 3.34. The maximum atomic E-state index is 12.1. The molecule has 0 radical (unpaired) electrons. The average Bonchev–Trinajstić information content (AvgIpc) is 2.76. The van der Waals surface area contributed by atoms with E-state index in [1.165, 1.54) is 12.8 Å². The van der Waals surface area contributed by atoms with E-state index in [2.05, 4.69) is 15.5 Å². The summed E-state index contributed by atoms with van der Waals surface area (Å²) < 4.78 is 0. The van der Waals surface area contributed by atoms with Crippen molar-refractivity contribution >= 4 is 5.91 Å². The molecule has 1 aliphatic rings. The fourth-order valence-corrected chi connectivity index (χ4v) is 2.32. The van der Waals surface area contributed by atoms with Crippen LogP contribution in [-0.4, -0.2) is 47.7 Å². The second-order valence-corrected chi connectivity index (χ2v) is 4.81. The lowest BCUT2D eigenvalue weighted by atomic mass is 9.99. The molecule has 0 saturated carbocycles. The van der Waals surface area contributed by atoms with Gasteiger partial charge in [-0.1, -0.05) is 0 Å². The second-order valence-electron chi connectivity index (χ2n) is 4.81. The minimum atomic E-state index is 0.0572. The molecule has 0 aliphatic carbocycles. The molecule has 5 heteroatoms. The highest BCUT2D eigenvalue weighted by Crippen LogP contribution is 2.13. The number of aromatic nitrogens is 2. The number of hydrogen-bond acceptors (Lipinski definition) is 3. The number of H-pyrrole nitrogens is 1. The largest absolute Gasteiger partial charge is 0.341 e. The number of piperidine rings is 1. The third kappa shape index (κ3) is 2.85. The topological polar surface area (TPSA) is 61.0 Å². The quantitative estimate of drug-likeness (QED) is 0.815.